The van der Waals surface area contributed by atoms with Gasteiger partial charge in [-0.2, -0.15) is 0 Å². The Hall–Kier alpha value is -3.39. The van der Waals surface area contributed by atoms with Crippen molar-refractivity contribution in [1.29, 1.82) is 0 Å². The number of methoxy groups -OCH3 is 1. The molecule has 0 bridgehead atoms. The highest BCUT2D eigenvalue weighted by Gasteiger charge is 2.17. The van der Waals surface area contributed by atoms with E-state index in [1.165, 1.54) is 32.4 Å². The molecule has 7 nitrogen and oxygen atoms in total. The molecule has 0 aliphatic carbocycles. The average Bonchev–Trinajstić information content (AvgIpc) is 2.68. The Balaban J connectivity index is 1.98. The molecule has 0 aliphatic rings. The maximum Gasteiger partial charge on any atom is 0.262 e. The molecule has 3 aromatic rings. The summed E-state index contributed by atoms with van der Waals surface area (Å²) in [6, 6.07) is 15.0. The number of sulfonamides is 1. The lowest BCUT2D eigenvalue weighted by atomic mass is 10.1. The summed E-state index contributed by atoms with van der Waals surface area (Å²) < 4.78 is 33.2. The zero-order chi connectivity index (χ0) is 20.1. The molecular formula is C20H19N3O4S. The number of ether oxygens (including phenoxy) is 1. The molecule has 1 amide bonds. The van der Waals surface area contributed by atoms with E-state index in [1.54, 1.807) is 48.7 Å². The van der Waals surface area contributed by atoms with Crippen LogP contribution in [0.1, 0.15) is 6.92 Å². The van der Waals surface area contributed by atoms with Crippen LogP contribution in [0.4, 0.5) is 11.4 Å². The lowest BCUT2D eigenvalue weighted by Crippen LogP contribution is -2.13. The molecule has 0 spiro atoms. The minimum absolute atomic E-state index is 0.150. The number of aromatic nitrogens is 1. The van der Waals surface area contributed by atoms with Crippen molar-refractivity contribution in [3.05, 3.63) is 67.0 Å². The molecule has 0 fully saturated rings. The van der Waals surface area contributed by atoms with E-state index < -0.39 is 10.0 Å². The van der Waals surface area contributed by atoms with Crippen molar-refractivity contribution in [1.82, 2.24) is 4.98 Å². The van der Waals surface area contributed by atoms with Crippen molar-refractivity contribution >= 4 is 27.3 Å². The van der Waals surface area contributed by atoms with E-state index in [9.17, 15) is 13.2 Å². The number of rotatable bonds is 6. The highest BCUT2D eigenvalue weighted by atomic mass is 32.2. The second-order valence-electron chi connectivity index (χ2n) is 5.98. The van der Waals surface area contributed by atoms with Gasteiger partial charge in [0.05, 0.1) is 29.6 Å². The van der Waals surface area contributed by atoms with Crippen LogP contribution in [0.15, 0.2) is 71.9 Å². The number of nitrogens with zero attached hydrogens (tertiary/aromatic N) is 1. The summed E-state index contributed by atoms with van der Waals surface area (Å²) in [7, 11) is -2.31. The first kappa shape index (κ1) is 19.4. The van der Waals surface area contributed by atoms with Gasteiger partial charge in [0.2, 0.25) is 5.91 Å². The van der Waals surface area contributed by atoms with Crippen LogP contribution in [-0.2, 0) is 14.8 Å². The highest BCUT2D eigenvalue weighted by molar-refractivity contribution is 7.92. The molecular weight excluding hydrogens is 378 g/mol. The molecule has 0 unspecified atom stereocenters. The minimum Gasteiger partial charge on any atom is -0.495 e. The smallest absolute Gasteiger partial charge is 0.262 e. The summed E-state index contributed by atoms with van der Waals surface area (Å²) in [5.74, 6) is 0.180. The van der Waals surface area contributed by atoms with Crippen LogP contribution >= 0.6 is 0 Å². The number of carbonyl (C=O) groups is 1. The summed E-state index contributed by atoms with van der Waals surface area (Å²) in [6.07, 6.45) is 3.16. The van der Waals surface area contributed by atoms with Gasteiger partial charge < -0.3 is 10.1 Å². The Bertz CT molecular complexity index is 1100. The van der Waals surface area contributed by atoms with Crippen LogP contribution in [-0.4, -0.2) is 26.4 Å². The van der Waals surface area contributed by atoms with Crippen LogP contribution in [0.25, 0.3) is 11.1 Å². The lowest BCUT2D eigenvalue weighted by molar-refractivity contribution is -0.114. The van der Waals surface area contributed by atoms with Gasteiger partial charge in [0.15, 0.2) is 0 Å². The molecule has 1 aromatic heterocycles. The van der Waals surface area contributed by atoms with Crippen molar-refractivity contribution < 1.29 is 17.9 Å². The normalized spacial score (nSPS) is 10.9. The molecule has 0 aliphatic heterocycles. The number of benzene rings is 2. The van der Waals surface area contributed by atoms with Gasteiger partial charge in [-0.05, 0) is 35.9 Å². The van der Waals surface area contributed by atoms with Crippen molar-refractivity contribution in [2.75, 3.05) is 17.1 Å². The molecule has 0 radical (unpaired) electrons. The average molecular weight is 397 g/mol. The van der Waals surface area contributed by atoms with Gasteiger partial charge in [-0.15, -0.1) is 0 Å². The molecule has 0 saturated heterocycles. The van der Waals surface area contributed by atoms with E-state index in [1.807, 2.05) is 0 Å². The number of hydrogen-bond donors (Lipinski definition) is 2. The van der Waals surface area contributed by atoms with Gasteiger partial charge in [-0.1, -0.05) is 24.3 Å². The van der Waals surface area contributed by atoms with Gasteiger partial charge in [0.25, 0.3) is 10.0 Å². The predicted molar refractivity (Wildman–Crippen MR) is 108 cm³/mol. The molecule has 0 atom stereocenters. The Morgan fingerprint density at radius 1 is 1.00 bits per heavy atom. The number of pyridine rings is 1. The van der Waals surface area contributed by atoms with Crippen LogP contribution < -0.4 is 14.8 Å². The number of amides is 1. The second kappa shape index (κ2) is 8.10. The summed E-state index contributed by atoms with van der Waals surface area (Å²) in [5, 5.41) is 2.67. The van der Waals surface area contributed by atoms with Crippen molar-refractivity contribution in [2.45, 2.75) is 11.8 Å². The SMILES string of the molecule is COc1ccc(-c2cncc(NC(C)=O)c2)cc1NS(=O)(=O)c1ccccc1. The fourth-order valence-electron chi connectivity index (χ4n) is 2.64. The van der Waals surface area contributed by atoms with Crippen LogP contribution in [0.5, 0.6) is 5.75 Å². The van der Waals surface area contributed by atoms with E-state index in [0.717, 1.165) is 0 Å². The highest BCUT2D eigenvalue weighted by Crippen LogP contribution is 2.32. The van der Waals surface area contributed by atoms with Crippen LogP contribution in [0.2, 0.25) is 0 Å². The Labute approximate surface area is 163 Å². The standard InChI is InChI=1S/C20H19N3O4S/c1-14(24)22-17-10-16(12-21-13-17)15-8-9-20(27-2)19(11-15)23-28(25,26)18-6-4-3-5-7-18/h3-13,23H,1-2H3,(H,22,24). The molecule has 1 heterocycles. The third-order valence-electron chi connectivity index (χ3n) is 3.89. The van der Waals surface area contributed by atoms with Gasteiger partial charge in [0.1, 0.15) is 5.75 Å². The first-order chi connectivity index (χ1) is 13.4. The third kappa shape index (κ3) is 4.47. The summed E-state index contributed by atoms with van der Waals surface area (Å²) in [4.78, 5) is 15.5. The maximum atomic E-state index is 12.7. The molecule has 2 N–H and O–H groups in total. The number of carbonyl (C=O) groups excluding carboxylic acids is 1. The van der Waals surface area contributed by atoms with Crippen LogP contribution in [0, 0.1) is 0 Å². The molecule has 28 heavy (non-hydrogen) atoms. The zero-order valence-corrected chi connectivity index (χ0v) is 16.2. The monoisotopic (exact) mass is 397 g/mol. The van der Waals surface area contributed by atoms with Gasteiger partial charge in [-0.3, -0.25) is 14.5 Å². The molecule has 3 rings (SSSR count). The first-order valence-corrected chi connectivity index (χ1v) is 9.86. The fourth-order valence-corrected chi connectivity index (χ4v) is 3.72. The number of anilines is 2. The van der Waals surface area contributed by atoms with E-state index >= 15 is 0 Å². The fraction of sp³-hybridized carbons (Fsp3) is 0.100. The van der Waals surface area contributed by atoms with E-state index in [4.69, 9.17) is 4.74 Å². The maximum absolute atomic E-state index is 12.7. The van der Waals surface area contributed by atoms with Gasteiger partial charge >= 0.3 is 0 Å². The molecule has 0 saturated carbocycles. The quantitative estimate of drug-likeness (QED) is 0.663. The van der Waals surface area contributed by atoms with Crippen LogP contribution in [0.3, 0.4) is 0 Å². The Morgan fingerprint density at radius 3 is 2.43 bits per heavy atom. The first-order valence-electron chi connectivity index (χ1n) is 8.38. The van der Waals surface area contributed by atoms with Crippen molar-refractivity contribution in [2.24, 2.45) is 0 Å². The molecule has 2 aromatic carbocycles. The predicted octanol–water partition coefficient (Wildman–Crippen LogP) is 3.52. The minimum atomic E-state index is -3.77. The van der Waals surface area contributed by atoms with E-state index in [2.05, 4.69) is 15.0 Å². The third-order valence-corrected chi connectivity index (χ3v) is 5.27. The molecule has 8 heteroatoms. The number of nitrogens with one attached hydrogen (secondary N) is 2. The number of hydrogen-bond acceptors (Lipinski definition) is 5. The topological polar surface area (TPSA) is 97.4 Å². The summed E-state index contributed by atoms with van der Waals surface area (Å²) in [6.45, 7) is 1.41. The van der Waals surface area contributed by atoms with Crippen molar-refractivity contribution in [3.63, 3.8) is 0 Å². The summed E-state index contributed by atoms with van der Waals surface area (Å²) >= 11 is 0. The van der Waals surface area contributed by atoms with Crippen molar-refractivity contribution in [3.8, 4) is 16.9 Å². The van der Waals surface area contributed by atoms with E-state index in [0.29, 0.717) is 28.3 Å². The Morgan fingerprint density at radius 2 is 1.75 bits per heavy atom. The van der Waals surface area contributed by atoms with Gasteiger partial charge in [0, 0.05) is 18.7 Å². The zero-order valence-electron chi connectivity index (χ0n) is 15.3. The largest absolute Gasteiger partial charge is 0.495 e. The molecule has 144 valence electrons. The Kier molecular flexibility index (Phi) is 5.60. The van der Waals surface area contributed by atoms with E-state index in [-0.39, 0.29) is 10.8 Å². The second-order valence-corrected chi connectivity index (χ2v) is 7.66. The van der Waals surface area contributed by atoms with Gasteiger partial charge in [-0.25, -0.2) is 8.42 Å². The lowest BCUT2D eigenvalue weighted by Gasteiger charge is -2.14. The summed E-state index contributed by atoms with van der Waals surface area (Å²) in [5.41, 5.74) is 2.28.